The lowest BCUT2D eigenvalue weighted by atomic mass is 9.49. The summed E-state index contributed by atoms with van der Waals surface area (Å²) in [4.78, 5) is 39.8. The third-order valence-corrected chi connectivity index (χ3v) is 9.12. The number of hydrogen-bond acceptors (Lipinski definition) is 3. The Morgan fingerprint density at radius 1 is 1.06 bits per heavy atom. The largest absolute Gasteiger partial charge is 0.344 e. The van der Waals surface area contributed by atoms with Crippen LogP contribution in [0.15, 0.2) is 18.2 Å². The number of nitrogens with one attached hydrogen (secondary N) is 2. The first-order chi connectivity index (χ1) is 16.5. The van der Waals surface area contributed by atoms with Crippen LogP contribution in [0.4, 0.5) is 10.1 Å². The molecule has 4 saturated carbocycles. The van der Waals surface area contributed by atoms with E-state index >= 15 is 0 Å². The zero-order valence-electron chi connectivity index (χ0n) is 21.1. The lowest BCUT2D eigenvalue weighted by molar-refractivity contribution is -0.124. The van der Waals surface area contributed by atoms with Crippen molar-refractivity contribution in [1.29, 1.82) is 0 Å². The molecule has 2 aromatic rings. The van der Waals surface area contributed by atoms with Gasteiger partial charge in [0.1, 0.15) is 5.82 Å². The quantitative estimate of drug-likeness (QED) is 0.475. The van der Waals surface area contributed by atoms with Crippen LogP contribution in [0.1, 0.15) is 76.7 Å². The molecule has 1 aromatic carbocycles. The van der Waals surface area contributed by atoms with Crippen LogP contribution in [0.5, 0.6) is 0 Å². The second-order valence-corrected chi connectivity index (χ2v) is 11.3. The zero-order valence-corrected chi connectivity index (χ0v) is 21.1. The number of carbonyl (C=O) groups is 3. The second-order valence-electron chi connectivity index (χ2n) is 11.3. The fourth-order valence-corrected chi connectivity index (χ4v) is 7.39. The number of aryl methyl sites for hydroxylation is 1. The highest BCUT2D eigenvalue weighted by Crippen LogP contribution is 2.58. The second kappa shape index (κ2) is 8.32. The van der Waals surface area contributed by atoms with E-state index < -0.39 is 17.6 Å². The topological polar surface area (TPSA) is 80.2 Å². The van der Waals surface area contributed by atoms with Crippen LogP contribution in [-0.4, -0.2) is 27.7 Å². The summed E-state index contributed by atoms with van der Waals surface area (Å²) >= 11 is 0. The number of Topliss-reactive ketones (excluding diaryl/α,β-unsaturated/α-hetero) is 1. The fraction of sp³-hybridized carbons (Fsp3) is 0.536. The van der Waals surface area contributed by atoms with Crippen molar-refractivity contribution in [2.24, 2.45) is 30.7 Å². The molecule has 2 unspecified atom stereocenters. The van der Waals surface area contributed by atoms with Crippen LogP contribution in [0, 0.1) is 50.3 Å². The minimum absolute atomic E-state index is 0.235. The Labute approximate surface area is 205 Å². The van der Waals surface area contributed by atoms with Crippen molar-refractivity contribution in [3.8, 4) is 0 Å². The number of hydrogen-bond donors (Lipinski definition) is 2. The molecule has 4 aliphatic carbocycles. The normalized spacial score (nSPS) is 28.7. The molecule has 1 heterocycles. The maximum Gasteiger partial charge on any atom is 0.294 e. The van der Waals surface area contributed by atoms with Crippen LogP contribution < -0.4 is 10.6 Å². The van der Waals surface area contributed by atoms with Gasteiger partial charge in [0.15, 0.2) is 0 Å². The van der Waals surface area contributed by atoms with Crippen molar-refractivity contribution >= 4 is 23.3 Å². The van der Waals surface area contributed by atoms with Crippen LogP contribution in [0.3, 0.4) is 0 Å². The van der Waals surface area contributed by atoms with E-state index in [2.05, 4.69) is 17.6 Å². The predicted octanol–water partition coefficient (Wildman–Crippen LogP) is 4.86. The highest BCUT2D eigenvalue weighted by Gasteiger charge is 2.54. The third kappa shape index (κ3) is 3.89. The van der Waals surface area contributed by atoms with E-state index in [0.717, 1.165) is 19.3 Å². The third-order valence-electron chi connectivity index (χ3n) is 9.12. The van der Waals surface area contributed by atoms with E-state index in [4.69, 9.17) is 0 Å². The minimum Gasteiger partial charge on any atom is -0.344 e. The average Bonchev–Trinajstić information content (AvgIpc) is 3.01. The van der Waals surface area contributed by atoms with Gasteiger partial charge in [-0.2, -0.15) is 0 Å². The van der Waals surface area contributed by atoms with Gasteiger partial charge in [-0.15, -0.1) is 0 Å². The van der Waals surface area contributed by atoms with E-state index in [9.17, 15) is 18.8 Å². The smallest absolute Gasteiger partial charge is 0.294 e. The molecular weight excluding hydrogens is 445 g/mol. The Morgan fingerprint density at radius 3 is 2.34 bits per heavy atom. The lowest BCUT2D eigenvalue weighted by Crippen LogP contribution is -2.62. The maximum atomic E-state index is 13.6. The Morgan fingerprint density at radius 2 is 1.71 bits per heavy atom. The van der Waals surface area contributed by atoms with E-state index in [1.54, 1.807) is 38.5 Å². The van der Waals surface area contributed by atoms with E-state index in [0.29, 0.717) is 51.7 Å². The fourth-order valence-electron chi connectivity index (χ4n) is 7.39. The molecule has 35 heavy (non-hydrogen) atoms. The van der Waals surface area contributed by atoms with Gasteiger partial charge in [-0.25, -0.2) is 4.39 Å². The number of benzene rings is 1. The van der Waals surface area contributed by atoms with Gasteiger partial charge in [0.2, 0.25) is 0 Å². The molecule has 6 nitrogen and oxygen atoms in total. The van der Waals surface area contributed by atoms with Crippen LogP contribution in [0.25, 0.3) is 0 Å². The number of carbonyl (C=O) groups excluding carboxylic acids is 3. The molecule has 186 valence electrons. The van der Waals surface area contributed by atoms with Crippen molar-refractivity contribution in [3.05, 3.63) is 52.1 Å². The zero-order chi connectivity index (χ0) is 25.2. The van der Waals surface area contributed by atoms with E-state index in [1.807, 2.05) is 0 Å². The minimum atomic E-state index is -0.603. The van der Waals surface area contributed by atoms with Crippen LogP contribution in [0.2, 0.25) is 0 Å². The molecule has 4 bridgehead atoms. The van der Waals surface area contributed by atoms with Gasteiger partial charge in [0.05, 0.1) is 11.3 Å². The summed E-state index contributed by atoms with van der Waals surface area (Å²) < 4.78 is 15.2. The standard InChI is InChI=1S/C28H34FN3O3/c1-14-8-21(6-7-22(14)29)30-26(34)23-16(3)24(32(5)17(23)4)25(33)27(35)31-28-11-18-9-19(12-28)15(2)20(10-18)13-28/h6-8,15,18-20H,9-13H2,1-5H3,(H,30,34)(H,31,35). The van der Waals surface area contributed by atoms with E-state index in [-0.39, 0.29) is 17.1 Å². The molecule has 7 heteroatoms. The molecule has 4 fully saturated rings. The Kier molecular flexibility index (Phi) is 5.65. The Hall–Kier alpha value is -2.96. The number of halogens is 1. The first kappa shape index (κ1) is 23.8. The first-order valence-corrected chi connectivity index (χ1v) is 12.6. The van der Waals surface area contributed by atoms with Gasteiger partial charge in [-0.3, -0.25) is 14.4 Å². The maximum absolute atomic E-state index is 13.6. The number of nitrogens with zero attached hydrogens (tertiary/aromatic N) is 1. The molecule has 0 spiro atoms. The monoisotopic (exact) mass is 479 g/mol. The van der Waals surface area contributed by atoms with Crippen LogP contribution in [-0.2, 0) is 11.8 Å². The summed E-state index contributed by atoms with van der Waals surface area (Å²) in [6.45, 7) is 7.42. The molecule has 2 atom stereocenters. The highest BCUT2D eigenvalue weighted by molar-refractivity contribution is 6.43. The first-order valence-electron chi connectivity index (χ1n) is 12.6. The molecule has 0 aliphatic heterocycles. The molecule has 0 saturated heterocycles. The summed E-state index contributed by atoms with van der Waals surface area (Å²) in [5.74, 6) is 0.665. The van der Waals surface area contributed by atoms with Crippen molar-refractivity contribution in [1.82, 2.24) is 9.88 Å². The summed E-state index contributed by atoms with van der Waals surface area (Å²) in [5, 5.41) is 5.96. The molecule has 0 radical (unpaired) electrons. The summed E-state index contributed by atoms with van der Waals surface area (Å²) in [6, 6.07) is 4.37. The van der Waals surface area contributed by atoms with Crippen molar-refractivity contribution in [2.75, 3.05) is 5.32 Å². The summed E-state index contributed by atoms with van der Waals surface area (Å²) in [7, 11) is 1.70. The molecule has 4 aliphatic rings. The van der Waals surface area contributed by atoms with Gasteiger partial charge in [0.25, 0.3) is 17.6 Å². The van der Waals surface area contributed by atoms with E-state index in [1.165, 1.54) is 25.0 Å². The highest BCUT2D eigenvalue weighted by atomic mass is 19.1. The van der Waals surface area contributed by atoms with Gasteiger partial charge >= 0.3 is 0 Å². The molecule has 2 amide bonds. The van der Waals surface area contributed by atoms with Gasteiger partial charge < -0.3 is 15.2 Å². The molecule has 2 N–H and O–H groups in total. The Balaban J connectivity index is 1.37. The molecule has 6 rings (SSSR count). The predicted molar refractivity (Wildman–Crippen MR) is 132 cm³/mol. The van der Waals surface area contributed by atoms with Crippen LogP contribution >= 0.6 is 0 Å². The van der Waals surface area contributed by atoms with Gasteiger partial charge in [-0.1, -0.05) is 6.92 Å². The average molecular weight is 480 g/mol. The lowest BCUT2D eigenvalue weighted by Gasteiger charge is -2.59. The molecular formula is C28H34FN3O3. The number of rotatable bonds is 5. The number of amides is 2. The number of anilines is 1. The SMILES string of the molecule is Cc1cc(NC(=O)c2c(C)c(C(=O)C(=O)NC34CC5CC(C3)C(C)C(C5)C4)n(C)c2C)ccc1F. The van der Waals surface area contributed by atoms with Crippen molar-refractivity contribution in [2.45, 2.75) is 65.3 Å². The summed E-state index contributed by atoms with van der Waals surface area (Å²) in [6.07, 6.45) is 5.35. The Bertz CT molecular complexity index is 1230. The molecule has 1 aromatic heterocycles. The van der Waals surface area contributed by atoms with Gasteiger partial charge in [0, 0.05) is 24.0 Å². The number of ketones is 1. The van der Waals surface area contributed by atoms with Crippen molar-refractivity contribution in [3.63, 3.8) is 0 Å². The van der Waals surface area contributed by atoms with Crippen molar-refractivity contribution < 1.29 is 18.8 Å². The number of aromatic nitrogens is 1. The summed E-state index contributed by atoms with van der Waals surface area (Å²) in [5.41, 5.74) is 2.28. The van der Waals surface area contributed by atoms with Gasteiger partial charge in [-0.05, 0) is 106 Å².